The predicted octanol–water partition coefficient (Wildman–Crippen LogP) is 1.28. The highest BCUT2D eigenvalue weighted by Gasteiger charge is 2.17. The molecule has 2 heterocycles. The standard InChI is InChI=1S/C19H27N5O/c1-16-14-18(22(2)21-16)19(25)20-8-9-23-10-12-24(13-11-23)15-17-6-4-3-5-7-17/h3-7,14H,8-13,15H2,1-2H3,(H,20,25). The fourth-order valence-electron chi connectivity index (χ4n) is 3.25. The van der Waals surface area contributed by atoms with E-state index in [0.29, 0.717) is 12.2 Å². The molecule has 0 radical (unpaired) electrons. The van der Waals surface area contributed by atoms with E-state index in [9.17, 15) is 4.79 Å². The minimum absolute atomic E-state index is 0.0502. The van der Waals surface area contributed by atoms with Gasteiger partial charge in [-0.25, -0.2) is 0 Å². The minimum Gasteiger partial charge on any atom is -0.349 e. The number of benzene rings is 1. The highest BCUT2D eigenvalue weighted by Crippen LogP contribution is 2.08. The predicted molar refractivity (Wildman–Crippen MR) is 98.4 cm³/mol. The summed E-state index contributed by atoms with van der Waals surface area (Å²) in [7, 11) is 1.80. The summed E-state index contributed by atoms with van der Waals surface area (Å²) in [6.07, 6.45) is 0. The van der Waals surface area contributed by atoms with E-state index in [1.807, 2.05) is 13.0 Å². The molecule has 0 atom stereocenters. The van der Waals surface area contributed by atoms with Crippen molar-refractivity contribution in [2.24, 2.45) is 7.05 Å². The molecule has 1 saturated heterocycles. The fraction of sp³-hybridized carbons (Fsp3) is 0.474. The Hall–Kier alpha value is -2.18. The number of aryl methyl sites for hydroxylation is 2. The first-order chi connectivity index (χ1) is 12.1. The van der Waals surface area contributed by atoms with Crippen LogP contribution in [0, 0.1) is 6.92 Å². The van der Waals surface area contributed by atoms with Gasteiger partial charge in [-0.15, -0.1) is 0 Å². The van der Waals surface area contributed by atoms with Gasteiger partial charge in [0, 0.05) is 52.9 Å². The average Bonchev–Trinajstić information content (AvgIpc) is 2.96. The topological polar surface area (TPSA) is 53.4 Å². The minimum atomic E-state index is -0.0502. The summed E-state index contributed by atoms with van der Waals surface area (Å²) < 4.78 is 1.63. The molecular weight excluding hydrogens is 314 g/mol. The van der Waals surface area contributed by atoms with E-state index in [4.69, 9.17) is 0 Å². The van der Waals surface area contributed by atoms with Crippen molar-refractivity contribution in [1.82, 2.24) is 24.9 Å². The summed E-state index contributed by atoms with van der Waals surface area (Å²) in [6, 6.07) is 12.4. The Kier molecular flexibility index (Phi) is 5.83. The zero-order valence-electron chi connectivity index (χ0n) is 15.1. The van der Waals surface area contributed by atoms with Crippen LogP contribution in [-0.2, 0) is 13.6 Å². The van der Waals surface area contributed by atoms with E-state index >= 15 is 0 Å². The summed E-state index contributed by atoms with van der Waals surface area (Å²) in [5, 5.41) is 7.21. The maximum Gasteiger partial charge on any atom is 0.269 e. The Morgan fingerprint density at radius 1 is 1.12 bits per heavy atom. The lowest BCUT2D eigenvalue weighted by molar-refractivity contribution is 0.0925. The van der Waals surface area contributed by atoms with E-state index < -0.39 is 0 Å². The van der Waals surface area contributed by atoms with E-state index in [-0.39, 0.29) is 5.91 Å². The molecule has 1 aromatic heterocycles. The summed E-state index contributed by atoms with van der Waals surface area (Å²) in [4.78, 5) is 17.1. The van der Waals surface area contributed by atoms with E-state index in [2.05, 4.69) is 50.5 Å². The van der Waals surface area contributed by atoms with Crippen LogP contribution in [-0.4, -0.2) is 64.8 Å². The van der Waals surface area contributed by atoms with E-state index in [1.54, 1.807) is 11.7 Å². The Morgan fingerprint density at radius 3 is 2.44 bits per heavy atom. The number of hydrogen-bond acceptors (Lipinski definition) is 4. The highest BCUT2D eigenvalue weighted by molar-refractivity contribution is 5.92. The number of carbonyl (C=O) groups is 1. The number of rotatable bonds is 6. The smallest absolute Gasteiger partial charge is 0.269 e. The maximum atomic E-state index is 12.2. The van der Waals surface area contributed by atoms with Crippen LogP contribution in [0.4, 0.5) is 0 Å². The molecule has 25 heavy (non-hydrogen) atoms. The second kappa shape index (κ2) is 8.27. The van der Waals surface area contributed by atoms with Crippen molar-refractivity contribution in [3.8, 4) is 0 Å². The van der Waals surface area contributed by atoms with Crippen molar-refractivity contribution in [3.05, 3.63) is 53.3 Å². The number of nitrogens with zero attached hydrogens (tertiary/aromatic N) is 4. The number of nitrogens with one attached hydrogen (secondary N) is 1. The second-order valence-corrected chi connectivity index (χ2v) is 6.65. The maximum absolute atomic E-state index is 12.2. The lowest BCUT2D eigenvalue weighted by atomic mass is 10.2. The van der Waals surface area contributed by atoms with Gasteiger partial charge in [0.2, 0.25) is 0 Å². The third-order valence-corrected chi connectivity index (χ3v) is 4.66. The quantitative estimate of drug-likeness (QED) is 0.860. The van der Waals surface area contributed by atoms with Gasteiger partial charge >= 0.3 is 0 Å². The Balaban J connectivity index is 1.36. The van der Waals surface area contributed by atoms with Gasteiger partial charge in [0.15, 0.2) is 0 Å². The average molecular weight is 341 g/mol. The van der Waals surface area contributed by atoms with E-state index in [0.717, 1.165) is 45.0 Å². The van der Waals surface area contributed by atoms with Crippen molar-refractivity contribution in [2.45, 2.75) is 13.5 Å². The first-order valence-corrected chi connectivity index (χ1v) is 8.89. The normalized spacial score (nSPS) is 16.1. The molecule has 0 saturated carbocycles. The summed E-state index contributed by atoms with van der Waals surface area (Å²) in [6.45, 7) is 8.72. The molecule has 6 heteroatoms. The Morgan fingerprint density at radius 2 is 1.80 bits per heavy atom. The molecule has 1 N–H and O–H groups in total. The molecule has 0 aliphatic carbocycles. The molecule has 1 aliphatic heterocycles. The van der Waals surface area contributed by atoms with Gasteiger partial charge in [0.25, 0.3) is 5.91 Å². The van der Waals surface area contributed by atoms with Crippen molar-refractivity contribution in [3.63, 3.8) is 0 Å². The molecule has 1 amide bonds. The third kappa shape index (κ3) is 4.90. The van der Waals surface area contributed by atoms with E-state index in [1.165, 1.54) is 5.56 Å². The molecule has 2 aromatic rings. The largest absolute Gasteiger partial charge is 0.349 e. The molecule has 3 rings (SSSR count). The molecule has 6 nitrogen and oxygen atoms in total. The molecular formula is C19H27N5O. The molecule has 0 spiro atoms. The summed E-state index contributed by atoms with van der Waals surface area (Å²) in [5.41, 5.74) is 2.85. The molecule has 1 aromatic carbocycles. The monoisotopic (exact) mass is 341 g/mol. The number of amides is 1. The Labute approximate surface area is 149 Å². The fourth-order valence-corrected chi connectivity index (χ4v) is 3.25. The Bertz CT molecular complexity index is 689. The molecule has 0 unspecified atom stereocenters. The van der Waals surface area contributed by atoms with Crippen molar-refractivity contribution >= 4 is 5.91 Å². The molecule has 0 bridgehead atoms. The molecule has 1 fully saturated rings. The van der Waals surface area contributed by atoms with Crippen molar-refractivity contribution in [2.75, 3.05) is 39.3 Å². The van der Waals surface area contributed by atoms with Crippen LogP contribution in [0.3, 0.4) is 0 Å². The molecule has 1 aliphatic rings. The number of piperazine rings is 1. The zero-order valence-corrected chi connectivity index (χ0v) is 15.1. The van der Waals surface area contributed by atoms with Crippen LogP contribution >= 0.6 is 0 Å². The lowest BCUT2D eigenvalue weighted by Gasteiger charge is -2.34. The molecule has 134 valence electrons. The van der Waals surface area contributed by atoms with Crippen LogP contribution in [0.2, 0.25) is 0 Å². The first-order valence-electron chi connectivity index (χ1n) is 8.89. The van der Waals surface area contributed by atoms with Crippen molar-refractivity contribution in [1.29, 1.82) is 0 Å². The third-order valence-electron chi connectivity index (χ3n) is 4.66. The number of carbonyl (C=O) groups excluding carboxylic acids is 1. The zero-order chi connectivity index (χ0) is 17.6. The summed E-state index contributed by atoms with van der Waals surface area (Å²) >= 11 is 0. The van der Waals surface area contributed by atoms with Gasteiger partial charge in [-0.05, 0) is 18.6 Å². The van der Waals surface area contributed by atoms with Gasteiger partial charge in [-0.3, -0.25) is 19.3 Å². The van der Waals surface area contributed by atoms with Gasteiger partial charge in [-0.1, -0.05) is 30.3 Å². The van der Waals surface area contributed by atoms with Crippen LogP contribution in [0.15, 0.2) is 36.4 Å². The first kappa shape index (κ1) is 17.6. The van der Waals surface area contributed by atoms with Gasteiger partial charge in [0.05, 0.1) is 5.69 Å². The van der Waals surface area contributed by atoms with Crippen LogP contribution in [0.1, 0.15) is 21.7 Å². The van der Waals surface area contributed by atoms with Crippen LogP contribution < -0.4 is 5.32 Å². The van der Waals surface area contributed by atoms with Crippen LogP contribution in [0.25, 0.3) is 0 Å². The second-order valence-electron chi connectivity index (χ2n) is 6.65. The van der Waals surface area contributed by atoms with Crippen molar-refractivity contribution < 1.29 is 4.79 Å². The SMILES string of the molecule is Cc1cc(C(=O)NCCN2CCN(Cc3ccccc3)CC2)n(C)n1. The van der Waals surface area contributed by atoms with Gasteiger partial charge in [0.1, 0.15) is 5.69 Å². The van der Waals surface area contributed by atoms with Gasteiger partial charge in [-0.2, -0.15) is 5.10 Å². The van der Waals surface area contributed by atoms with Crippen LogP contribution in [0.5, 0.6) is 0 Å². The number of hydrogen-bond donors (Lipinski definition) is 1. The summed E-state index contributed by atoms with van der Waals surface area (Å²) in [5.74, 6) is -0.0502. The number of aromatic nitrogens is 2. The van der Waals surface area contributed by atoms with Gasteiger partial charge < -0.3 is 5.32 Å². The highest BCUT2D eigenvalue weighted by atomic mass is 16.2. The lowest BCUT2D eigenvalue weighted by Crippen LogP contribution is -2.48.